The Morgan fingerprint density at radius 1 is 0.714 bits per heavy atom. The number of nitrogens with zero attached hydrogens (tertiary/aromatic N) is 3. The number of thiazole rings is 1. The maximum atomic E-state index is 11.9. The number of rotatable bonds is 4. The van der Waals surface area contributed by atoms with E-state index in [1.165, 1.54) is 0 Å². The van der Waals surface area contributed by atoms with Gasteiger partial charge >= 0.3 is 0 Å². The number of aromatic nitrogens is 2. The summed E-state index contributed by atoms with van der Waals surface area (Å²) in [4.78, 5) is 18.5. The molecule has 0 saturated heterocycles. The van der Waals surface area contributed by atoms with Crippen molar-refractivity contribution in [3.05, 3.63) is 95.9 Å². The predicted octanol–water partition coefficient (Wildman–Crippen LogP) is 6.79. The molecule has 0 bridgehead atoms. The molecule has 0 fully saturated rings. The van der Waals surface area contributed by atoms with Crippen molar-refractivity contribution >= 4 is 22.1 Å². The van der Waals surface area contributed by atoms with E-state index in [1.54, 1.807) is 11.3 Å². The van der Waals surface area contributed by atoms with Crippen LogP contribution >= 0.6 is 11.3 Å². The van der Waals surface area contributed by atoms with Gasteiger partial charge in [-0.25, -0.2) is 4.98 Å². The van der Waals surface area contributed by atoms with Crippen molar-refractivity contribution < 1.29 is 0 Å². The second kappa shape index (κ2) is 6.87. The van der Waals surface area contributed by atoms with Crippen molar-refractivity contribution in [3.8, 4) is 33.0 Å². The van der Waals surface area contributed by atoms with Crippen LogP contribution in [0.5, 0.6) is 0 Å². The van der Waals surface area contributed by atoms with Crippen molar-refractivity contribution in [1.29, 1.82) is 0 Å². The van der Waals surface area contributed by atoms with Crippen LogP contribution in [0.1, 0.15) is 0 Å². The Morgan fingerprint density at radius 3 is 1.82 bits per heavy atom. The highest BCUT2D eigenvalue weighted by atomic mass is 32.1. The summed E-state index contributed by atoms with van der Waals surface area (Å²) in [5, 5.41) is 3.39. The molecule has 0 aliphatic heterocycles. The number of fused-ring (bicyclic) bond motifs is 1. The Hall–Kier alpha value is -3.57. The fraction of sp³-hybridized carbons (Fsp3) is 0. The van der Waals surface area contributed by atoms with Gasteiger partial charge < -0.3 is 0 Å². The number of nitroso groups, excluding NO2 is 1. The third-order valence-electron chi connectivity index (χ3n) is 4.67. The Labute approximate surface area is 165 Å². The van der Waals surface area contributed by atoms with Crippen molar-refractivity contribution in [2.75, 3.05) is 0 Å². The van der Waals surface area contributed by atoms with Crippen molar-refractivity contribution in [2.45, 2.75) is 0 Å². The van der Waals surface area contributed by atoms with Gasteiger partial charge in [-0.1, -0.05) is 102 Å². The third-order valence-corrected chi connectivity index (χ3v) is 5.76. The summed E-state index contributed by atoms with van der Waals surface area (Å²) in [7, 11) is 0. The monoisotopic (exact) mass is 381 g/mol. The van der Waals surface area contributed by atoms with E-state index in [2.05, 4.69) is 17.3 Å². The first kappa shape index (κ1) is 16.6. The summed E-state index contributed by atoms with van der Waals surface area (Å²) in [6.07, 6.45) is 0. The minimum Gasteiger partial charge on any atom is -0.263 e. The van der Waals surface area contributed by atoms with Crippen LogP contribution in [0.4, 0.5) is 5.82 Å². The average Bonchev–Trinajstić information content (AvgIpc) is 3.31. The fourth-order valence-electron chi connectivity index (χ4n) is 3.42. The fourth-order valence-corrected chi connectivity index (χ4v) is 4.57. The third kappa shape index (κ3) is 2.64. The minimum atomic E-state index is 0.332. The normalized spacial score (nSPS) is 11.0. The maximum Gasteiger partial charge on any atom is 0.210 e. The zero-order valence-corrected chi connectivity index (χ0v) is 15.6. The Morgan fingerprint density at radius 2 is 1.25 bits per heavy atom. The van der Waals surface area contributed by atoms with Crippen LogP contribution in [-0.2, 0) is 0 Å². The maximum absolute atomic E-state index is 11.9. The van der Waals surface area contributed by atoms with E-state index >= 15 is 0 Å². The molecule has 0 amide bonds. The summed E-state index contributed by atoms with van der Waals surface area (Å²) < 4.78 is 1.89. The molecular weight excluding hydrogens is 366 g/mol. The van der Waals surface area contributed by atoms with Crippen LogP contribution in [0, 0.1) is 4.91 Å². The molecule has 0 unspecified atom stereocenters. The first-order valence-electron chi connectivity index (χ1n) is 8.91. The standard InChI is InChI=1S/C23H15N3OS/c27-25-22-19(16-10-4-1-5-11-16)24-23-26(22)20(17-12-6-2-7-13-17)21(28-23)18-14-8-3-9-15-18/h1-15H. The lowest BCUT2D eigenvalue weighted by molar-refractivity contribution is 1.20. The van der Waals surface area contributed by atoms with Gasteiger partial charge in [0.05, 0.1) is 10.6 Å². The molecule has 2 heterocycles. The lowest BCUT2D eigenvalue weighted by Crippen LogP contribution is -1.88. The van der Waals surface area contributed by atoms with Gasteiger partial charge in [0.2, 0.25) is 5.82 Å². The summed E-state index contributed by atoms with van der Waals surface area (Å²) in [5.74, 6) is 0.332. The molecule has 0 atom stereocenters. The molecule has 5 rings (SSSR count). The molecule has 0 saturated carbocycles. The van der Waals surface area contributed by atoms with E-state index in [9.17, 15) is 4.91 Å². The van der Waals surface area contributed by atoms with E-state index in [-0.39, 0.29) is 0 Å². The highest BCUT2D eigenvalue weighted by Crippen LogP contribution is 2.44. The largest absolute Gasteiger partial charge is 0.263 e. The first-order valence-corrected chi connectivity index (χ1v) is 9.73. The first-order chi connectivity index (χ1) is 13.9. The molecule has 0 radical (unpaired) electrons. The van der Waals surface area contributed by atoms with E-state index in [1.807, 2.05) is 83.3 Å². The second-order valence-corrected chi connectivity index (χ2v) is 7.35. The van der Waals surface area contributed by atoms with Gasteiger partial charge in [-0.05, 0) is 10.7 Å². The minimum absolute atomic E-state index is 0.332. The summed E-state index contributed by atoms with van der Waals surface area (Å²) in [6.45, 7) is 0. The average molecular weight is 381 g/mol. The van der Waals surface area contributed by atoms with Gasteiger partial charge in [0.15, 0.2) is 4.96 Å². The van der Waals surface area contributed by atoms with Crippen LogP contribution in [0.25, 0.3) is 37.9 Å². The second-order valence-electron chi connectivity index (χ2n) is 6.37. The Balaban J connectivity index is 1.86. The molecule has 0 aliphatic rings. The zero-order chi connectivity index (χ0) is 18.9. The van der Waals surface area contributed by atoms with Gasteiger partial charge in [0.25, 0.3) is 0 Å². The van der Waals surface area contributed by atoms with Crippen LogP contribution in [0.3, 0.4) is 0 Å². The topological polar surface area (TPSA) is 46.7 Å². The SMILES string of the molecule is O=Nc1c(-c2ccccc2)nc2sc(-c3ccccc3)c(-c3ccccc3)n12. The van der Waals surface area contributed by atoms with Gasteiger partial charge in [-0.3, -0.25) is 4.40 Å². The van der Waals surface area contributed by atoms with E-state index in [4.69, 9.17) is 4.98 Å². The number of benzene rings is 3. The van der Waals surface area contributed by atoms with Gasteiger partial charge in [0, 0.05) is 11.1 Å². The Bertz CT molecular complexity index is 1260. The molecule has 5 aromatic rings. The summed E-state index contributed by atoms with van der Waals surface area (Å²) in [5.41, 5.74) is 4.55. The molecule has 0 aliphatic carbocycles. The van der Waals surface area contributed by atoms with Crippen LogP contribution in [-0.4, -0.2) is 9.38 Å². The molecule has 0 N–H and O–H groups in total. The predicted molar refractivity (Wildman–Crippen MR) is 115 cm³/mol. The molecule has 0 spiro atoms. The molecule has 3 aromatic carbocycles. The van der Waals surface area contributed by atoms with Gasteiger partial charge in [0.1, 0.15) is 5.69 Å². The number of hydrogen-bond acceptors (Lipinski definition) is 4. The van der Waals surface area contributed by atoms with Crippen LogP contribution < -0.4 is 0 Å². The number of imidazole rings is 1. The van der Waals surface area contributed by atoms with Crippen molar-refractivity contribution in [3.63, 3.8) is 0 Å². The highest BCUT2D eigenvalue weighted by Gasteiger charge is 2.24. The zero-order valence-electron chi connectivity index (χ0n) is 14.8. The van der Waals surface area contributed by atoms with Crippen molar-refractivity contribution in [2.24, 2.45) is 5.18 Å². The summed E-state index contributed by atoms with van der Waals surface area (Å²) in [6, 6.07) is 29.9. The molecule has 5 heteroatoms. The van der Waals surface area contributed by atoms with Crippen LogP contribution in [0.15, 0.2) is 96.2 Å². The molecule has 4 nitrogen and oxygen atoms in total. The molecular formula is C23H15N3OS. The van der Waals surface area contributed by atoms with E-state index < -0.39 is 0 Å². The van der Waals surface area contributed by atoms with Crippen molar-refractivity contribution in [1.82, 2.24) is 9.38 Å². The van der Waals surface area contributed by atoms with E-state index in [0.29, 0.717) is 11.5 Å². The molecule has 2 aromatic heterocycles. The quantitative estimate of drug-likeness (QED) is 0.322. The lowest BCUT2D eigenvalue weighted by Gasteiger charge is -2.06. The van der Waals surface area contributed by atoms with Crippen LogP contribution in [0.2, 0.25) is 0 Å². The Kier molecular flexibility index (Phi) is 4.07. The summed E-state index contributed by atoms with van der Waals surface area (Å²) >= 11 is 1.57. The highest BCUT2D eigenvalue weighted by molar-refractivity contribution is 7.21. The van der Waals surface area contributed by atoms with Gasteiger partial charge in [-0.2, -0.15) is 0 Å². The smallest absolute Gasteiger partial charge is 0.210 e. The van der Waals surface area contributed by atoms with E-state index in [0.717, 1.165) is 32.2 Å². The lowest BCUT2D eigenvalue weighted by atomic mass is 10.1. The van der Waals surface area contributed by atoms with Gasteiger partial charge in [-0.15, -0.1) is 4.91 Å². The number of hydrogen-bond donors (Lipinski definition) is 0. The molecule has 134 valence electrons. The molecule has 28 heavy (non-hydrogen) atoms.